The molecule has 1 heterocycles. The Labute approximate surface area is 269 Å². The Morgan fingerprint density at radius 1 is 0.756 bits per heavy atom. The first-order valence-corrected chi connectivity index (χ1v) is 16.9. The standard InChI is InChI=1S/C37H53N3O5/c1-6-8-9-10-11-13-16-26(4)32-24-33(41)39-31(23-28-19-21-30(22-20-28)29-17-14-12-15-18-29)36(43)38-27(5)35(42)40-34(25(3)7-2)37(44)45-32/h12,14-15,17-22,25-27,31-32,34H,6-11,13,16,23-24H2,1-5H3,(H,38,43)(H,39,41)(H,40,42)/t25-,26-,27-,31-,32-,34+/m0/s1. The summed E-state index contributed by atoms with van der Waals surface area (Å²) >= 11 is 0. The van der Waals surface area contributed by atoms with E-state index >= 15 is 0 Å². The Morgan fingerprint density at radius 2 is 1.40 bits per heavy atom. The van der Waals surface area contributed by atoms with Crippen LogP contribution in [0.3, 0.4) is 0 Å². The van der Waals surface area contributed by atoms with Gasteiger partial charge in [0.15, 0.2) is 0 Å². The van der Waals surface area contributed by atoms with Gasteiger partial charge in [-0.2, -0.15) is 0 Å². The highest BCUT2D eigenvalue weighted by Crippen LogP contribution is 2.23. The fraction of sp³-hybridized carbons (Fsp3) is 0.568. The molecular weight excluding hydrogens is 566 g/mol. The van der Waals surface area contributed by atoms with Crippen LogP contribution in [0.15, 0.2) is 54.6 Å². The molecule has 3 N–H and O–H groups in total. The number of amides is 3. The summed E-state index contributed by atoms with van der Waals surface area (Å²) in [5.41, 5.74) is 3.00. The van der Waals surface area contributed by atoms with Gasteiger partial charge in [-0.15, -0.1) is 0 Å². The van der Waals surface area contributed by atoms with Crippen molar-refractivity contribution in [1.29, 1.82) is 0 Å². The van der Waals surface area contributed by atoms with Crippen molar-refractivity contribution < 1.29 is 23.9 Å². The van der Waals surface area contributed by atoms with Crippen molar-refractivity contribution in [2.45, 2.75) is 123 Å². The van der Waals surface area contributed by atoms with Crippen LogP contribution in [0.1, 0.15) is 98.0 Å². The van der Waals surface area contributed by atoms with Gasteiger partial charge in [-0.25, -0.2) is 4.79 Å². The van der Waals surface area contributed by atoms with E-state index in [2.05, 4.69) is 22.9 Å². The molecule has 0 spiro atoms. The van der Waals surface area contributed by atoms with Crippen LogP contribution in [0, 0.1) is 11.8 Å². The largest absolute Gasteiger partial charge is 0.460 e. The van der Waals surface area contributed by atoms with E-state index < -0.39 is 42.0 Å². The Balaban J connectivity index is 1.82. The molecule has 0 saturated carbocycles. The van der Waals surface area contributed by atoms with Gasteiger partial charge in [-0.1, -0.05) is 127 Å². The minimum atomic E-state index is -0.917. The first-order valence-electron chi connectivity index (χ1n) is 16.9. The molecule has 0 aliphatic carbocycles. The molecule has 1 aliphatic rings. The van der Waals surface area contributed by atoms with Crippen molar-refractivity contribution in [2.24, 2.45) is 11.8 Å². The molecule has 8 heteroatoms. The topological polar surface area (TPSA) is 114 Å². The Morgan fingerprint density at radius 3 is 2.07 bits per heavy atom. The molecule has 8 nitrogen and oxygen atoms in total. The maximum atomic E-state index is 13.5. The molecule has 6 atom stereocenters. The van der Waals surface area contributed by atoms with E-state index in [4.69, 9.17) is 4.74 Å². The third kappa shape index (κ3) is 11.3. The molecule has 0 unspecified atom stereocenters. The number of hydrogen-bond donors (Lipinski definition) is 3. The number of carbonyl (C=O) groups excluding carboxylic acids is 4. The van der Waals surface area contributed by atoms with Crippen LogP contribution in [0.4, 0.5) is 0 Å². The fourth-order valence-corrected chi connectivity index (χ4v) is 5.69. The lowest BCUT2D eigenvalue weighted by Gasteiger charge is -2.29. The van der Waals surface area contributed by atoms with Gasteiger partial charge in [0.1, 0.15) is 24.2 Å². The molecule has 246 valence electrons. The zero-order chi connectivity index (χ0) is 32.8. The number of benzene rings is 2. The highest BCUT2D eigenvalue weighted by atomic mass is 16.5. The Kier molecular flexibility index (Phi) is 14.6. The quantitative estimate of drug-likeness (QED) is 0.185. The van der Waals surface area contributed by atoms with Gasteiger partial charge in [0.2, 0.25) is 17.7 Å². The molecule has 2 aromatic carbocycles. The lowest BCUT2D eigenvalue weighted by atomic mass is 9.93. The normalized spacial score (nSPS) is 22.9. The maximum Gasteiger partial charge on any atom is 0.329 e. The molecule has 3 rings (SSSR count). The smallest absolute Gasteiger partial charge is 0.329 e. The second-order valence-corrected chi connectivity index (χ2v) is 12.7. The Bertz CT molecular complexity index is 1230. The lowest BCUT2D eigenvalue weighted by Crippen LogP contribution is -2.55. The van der Waals surface area contributed by atoms with Gasteiger partial charge >= 0.3 is 5.97 Å². The molecule has 45 heavy (non-hydrogen) atoms. The van der Waals surface area contributed by atoms with E-state index in [0.29, 0.717) is 6.42 Å². The van der Waals surface area contributed by atoms with E-state index in [1.807, 2.05) is 75.4 Å². The summed E-state index contributed by atoms with van der Waals surface area (Å²) < 4.78 is 6.03. The van der Waals surface area contributed by atoms with Crippen LogP contribution in [0.2, 0.25) is 0 Å². The zero-order valence-electron chi connectivity index (χ0n) is 27.8. The minimum Gasteiger partial charge on any atom is -0.460 e. The summed E-state index contributed by atoms with van der Waals surface area (Å²) in [6.07, 6.45) is 7.81. The second kappa shape index (κ2) is 18.3. The number of ether oxygens (including phenoxy) is 1. The zero-order valence-corrected chi connectivity index (χ0v) is 27.8. The molecule has 0 radical (unpaired) electrons. The van der Waals surface area contributed by atoms with Crippen LogP contribution in [0.5, 0.6) is 0 Å². The molecule has 3 amide bonds. The maximum absolute atomic E-state index is 13.5. The van der Waals surface area contributed by atoms with Gasteiger partial charge in [-0.05, 0) is 41.9 Å². The molecule has 1 saturated heterocycles. The van der Waals surface area contributed by atoms with Gasteiger partial charge < -0.3 is 20.7 Å². The van der Waals surface area contributed by atoms with Crippen molar-refractivity contribution in [3.63, 3.8) is 0 Å². The van der Waals surface area contributed by atoms with Gasteiger partial charge in [0.05, 0.1) is 6.42 Å². The Hall–Kier alpha value is -3.68. The van der Waals surface area contributed by atoms with Crippen LogP contribution in [-0.4, -0.2) is 47.9 Å². The summed E-state index contributed by atoms with van der Waals surface area (Å²) in [7, 11) is 0. The number of carbonyl (C=O) groups is 4. The number of rotatable bonds is 13. The number of hydrogen-bond acceptors (Lipinski definition) is 5. The lowest BCUT2D eigenvalue weighted by molar-refractivity contribution is -0.158. The first kappa shape index (κ1) is 35.8. The van der Waals surface area contributed by atoms with E-state index in [1.54, 1.807) is 6.92 Å². The van der Waals surface area contributed by atoms with Gasteiger partial charge in [0, 0.05) is 6.42 Å². The summed E-state index contributed by atoms with van der Waals surface area (Å²) in [5, 5.41) is 8.47. The molecule has 2 aromatic rings. The number of nitrogens with one attached hydrogen (secondary N) is 3. The monoisotopic (exact) mass is 619 g/mol. The van der Waals surface area contributed by atoms with E-state index in [0.717, 1.165) is 42.4 Å². The summed E-state index contributed by atoms with van der Waals surface area (Å²) in [6.45, 7) is 9.60. The summed E-state index contributed by atoms with van der Waals surface area (Å²) in [4.78, 5) is 53.7. The predicted octanol–water partition coefficient (Wildman–Crippen LogP) is 6.12. The SMILES string of the molecule is CCCCCCCC[C@H](C)[C@@H]1CC(=O)N[C@@H](Cc2ccc(-c3ccccc3)cc2)C(=O)N[C@@H](C)C(=O)N[C@H]([C@@H](C)CC)C(=O)O1. The third-order valence-electron chi connectivity index (χ3n) is 8.97. The summed E-state index contributed by atoms with van der Waals surface area (Å²) in [6, 6.07) is 15.2. The highest BCUT2D eigenvalue weighted by molar-refractivity contribution is 5.94. The van der Waals surface area contributed by atoms with Crippen LogP contribution < -0.4 is 16.0 Å². The molecular formula is C37H53N3O5. The van der Waals surface area contributed by atoms with Crippen LogP contribution >= 0.6 is 0 Å². The van der Waals surface area contributed by atoms with Crippen molar-refractivity contribution in [3.05, 3.63) is 60.2 Å². The molecule has 0 aromatic heterocycles. The average Bonchev–Trinajstić information content (AvgIpc) is 3.04. The number of unbranched alkanes of at least 4 members (excludes halogenated alkanes) is 5. The highest BCUT2D eigenvalue weighted by Gasteiger charge is 2.35. The van der Waals surface area contributed by atoms with Crippen LogP contribution in [-0.2, 0) is 30.3 Å². The van der Waals surface area contributed by atoms with E-state index in [9.17, 15) is 19.2 Å². The van der Waals surface area contributed by atoms with Crippen molar-refractivity contribution in [3.8, 4) is 11.1 Å². The fourth-order valence-electron chi connectivity index (χ4n) is 5.69. The average molecular weight is 620 g/mol. The summed E-state index contributed by atoms with van der Waals surface area (Å²) in [5.74, 6) is -2.10. The van der Waals surface area contributed by atoms with Gasteiger partial charge in [0.25, 0.3) is 0 Å². The van der Waals surface area contributed by atoms with Crippen LogP contribution in [0.25, 0.3) is 11.1 Å². The van der Waals surface area contributed by atoms with E-state index in [1.165, 1.54) is 19.3 Å². The molecule has 1 fully saturated rings. The van der Waals surface area contributed by atoms with Crippen molar-refractivity contribution in [2.75, 3.05) is 0 Å². The third-order valence-corrected chi connectivity index (χ3v) is 8.97. The van der Waals surface area contributed by atoms with E-state index in [-0.39, 0.29) is 30.6 Å². The minimum absolute atomic E-state index is 0.0593. The number of cyclic esters (lactones) is 1. The number of esters is 1. The van der Waals surface area contributed by atoms with Crippen molar-refractivity contribution >= 4 is 23.7 Å². The molecule has 0 bridgehead atoms. The predicted molar refractivity (Wildman–Crippen MR) is 178 cm³/mol. The first-order chi connectivity index (χ1) is 21.6. The second-order valence-electron chi connectivity index (χ2n) is 12.7. The molecule has 1 aliphatic heterocycles. The van der Waals surface area contributed by atoms with Crippen molar-refractivity contribution in [1.82, 2.24) is 16.0 Å². The van der Waals surface area contributed by atoms with Gasteiger partial charge in [-0.3, -0.25) is 14.4 Å².